The number of hydrogen-bond acceptors (Lipinski definition) is 4. The summed E-state index contributed by atoms with van der Waals surface area (Å²) in [5.41, 5.74) is 4.28. The summed E-state index contributed by atoms with van der Waals surface area (Å²) in [6.07, 6.45) is 0. The number of hydrogen-bond donors (Lipinski definition) is 1. The number of halogens is 1. The summed E-state index contributed by atoms with van der Waals surface area (Å²) in [5, 5.41) is 3.72. The Morgan fingerprint density at radius 2 is 1.52 bits per heavy atom. The van der Waals surface area contributed by atoms with Gasteiger partial charge in [-0.1, -0.05) is 48.0 Å². The second kappa shape index (κ2) is 9.51. The van der Waals surface area contributed by atoms with Crippen LogP contribution in [0.25, 0.3) is 5.57 Å². The third-order valence-electron chi connectivity index (χ3n) is 5.89. The Labute approximate surface area is 199 Å². The molecule has 0 aromatic heterocycles. The zero-order chi connectivity index (χ0) is 23.5. The lowest BCUT2D eigenvalue weighted by molar-refractivity contribution is -0.120. The van der Waals surface area contributed by atoms with Gasteiger partial charge < -0.3 is 10.2 Å². The molecule has 0 saturated heterocycles. The third kappa shape index (κ3) is 4.24. The standard InChI is InChI=1S/C27H26ClN3O2/c1-4-30(5-2)21-16-14-20(15-17-21)29-25-24(19-10-7-6-8-11-19)26(32)31(27(25)33)23-13-9-12-22(28)18(23)3/h6-17,29H,4-5H2,1-3H3. The van der Waals surface area contributed by atoms with Gasteiger partial charge >= 0.3 is 0 Å². The van der Waals surface area contributed by atoms with Gasteiger partial charge in [0.15, 0.2) is 0 Å². The number of nitrogens with one attached hydrogen (secondary N) is 1. The van der Waals surface area contributed by atoms with Crippen LogP contribution in [-0.4, -0.2) is 24.9 Å². The van der Waals surface area contributed by atoms with Gasteiger partial charge in [-0.3, -0.25) is 9.59 Å². The van der Waals surface area contributed by atoms with Gasteiger partial charge in [-0.2, -0.15) is 0 Å². The average Bonchev–Trinajstić information content (AvgIpc) is 3.07. The fourth-order valence-electron chi connectivity index (χ4n) is 4.06. The molecule has 33 heavy (non-hydrogen) atoms. The van der Waals surface area contributed by atoms with Crippen molar-refractivity contribution in [3.05, 3.63) is 94.6 Å². The van der Waals surface area contributed by atoms with Gasteiger partial charge in [-0.25, -0.2) is 4.90 Å². The maximum atomic E-state index is 13.6. The molecule has 4 rings (SSSR count). The molecule has 1 N–H and O–H groups in total. The van der Waals surface area contributed by atoms with Crippen LogP contribution in [0, 0.1) is 6.92 Å². The quantitative estimate of drug-likeness (QED) is 0.447. The summed E-state index contributed by atoms with van der Waals surface area (Å²) in [6.45, 7) is 7.85. The van der Waals surface area contributed by atoms with Gasteiger partial charge in [0.05, 0.1) is 11.3 Å². The first-order valence-corrected chi connectivity index (χ1v) is 11.4. The number of rotatable bonds is 7. The van der Waals surface area contributed by atoms with Crippen LogP contribution in [0.4, 0.5) is 17.1 Å². The van der Waals surface area contributed by atoms with Crippen LogP contribution in [0.15, 0.2) is 78.5 Å². The second-order valence-electron chi connectivity index (χ2n) is 7.79. The van der Waals surface area contributed by atoms with Crippen LogP contribution >= 0.6 is 11.6 Å². The summed E-state index contributed by atoms with van der Waals surface area (Å²) in [5.74, 6) is -0.782. The Bertz CT molecular complexity index is 1220. The van der Waals surface area contributed by atoms with Gasteiger partial charge in [-0.05, 0) is 68.3 Å². The number of benzene rings is 3. The van der Waals surface area contributed by atoms with Crippen molar-refractivity contribution >= 4 is 46.1 Å². The van der Waals surface area contributed by atoms with E-state index < -0.39 is 5.91 Å². The minimum atomic E-state index is -0.406. The molecule has 0 radical (unpaired) electrons. The predicted octanol–water partition coefficient (Wildman–Crippen LogP) is 5.89. The Balaban J connectivity index is 1.76. The highest BCUT2D eigenvalue weighted by Crippen LogP contribution is 2.36. The monoisotopic (exact) mass is 459 g/mol. The minimum Gasteiger partial charge on any atom is -0.372 e. The maximum absolute atomic E-state index is 13.6. The molecule has 0 bridgehead atoms. The zero-order valence-electron chi connectivity index (χ0n) is 18.9. The predicted molar refractivity (Wildman–Crippen MR) is 136 cm³/mol. The molecule has 5 nitrogen and oxygen atoms in total. The minimum absolute atomic E-state index is 0.251. The van der Waals surface area contributed by atoms with Gasteiger partial charge in [0.1, 0.15) is 5.70 Å². The second-order valence-corrected chi connectivity index (χ2v) is 8.20. The van der Waals surface area contributed by atoms with Gasteiger partial charge in [-0.15, -0.1) is 0 Å². The van der Waals surface area contributed by atoms with Crippen molar-refractivity contribution in [1.29, 1.82) is 0 Å². The molecule has 0 aliphatic carbocycles. The summed E-state index contributed by atoms with van der Waals surface area (Å²) < 4.78 is 0. The van der Waals surface area contributed by atoms with Crippen molar-refractivity contribution in [2.45, 2.75) is 20.8 Å². The Hall–Kier alpha value is -3.57. The number of amides is 2. The van der Waals surface area contributed by atoms with E-state index in [0.717, 1.165) is 24.5 Å². The molecular formula is C27H26ClN3O2. The lowest BCUT2D eigenvalue weighted by Crippen LogP contribution is -2.33. The Kier molecular flexibility index (Phi) is 6.52. The van der Waals surface area contributed by atoms with Crippen LogP contribution in [0.5, 0.6) is 0 Å². The SMILES string of the molecule is CCN(CC)c1ccc(NC2=C(c3ccccc3)C(=O)N(c3cccc(Cl)c3C)C2=O)cc1. The Morgan fingerprint density at radius 1 is 0.848 bits per heavy atom. The molecule has 3 aromatic rings. The molecule has 0 saturated carbocycles. The van der Waals surface area contributed by atoms with Crippen LogP contribution < -0.4 is 15.1 Å². The lowest BCUT2D eigenvalue weighted by atomic mass is 10.0. The number of carbonyl (C=O) groups is 2. The number of imide groups is 1. The largest absolute Gasteiger partial charge is 0.372 e. The first kappa shape index (κ1) is 22.6. The summed E-state index contributed by atoms with van der Waals surface area (Å²) in [4.78, 5) is 30.6. The maximum Gasteiger partial charge on any atom is 0.282 e. The third-order valence-corrected chi connectivity index (χ3v) is 6.30. The summed E-state index contributed by atoms with van der Waals surface area (Å²) in [7, 11) is 0. The normalized spacial score (nSPS) is 13.6. The van der Waals surface area contributed by atoms with E-state index in [1.165, 1.54) is 4.90 Å². The molecule has 0 atom stereocenters. The van der Waals surface area contributed by atoms with E-state index in [2.05, 4.69) is 24.1 Å². The molecule has 6 heteroatoms. The van der Waals surface area contributed by atoms with E-state index in [1.54, 1.807) is 25.1 Å². The van der Waals surface area contributed by atoms with Crippen LogP contribution in [-0.2, 0) is 9.59 Å². The van der Waals surface area contributed by atoms with Crippen LogP contribution in [0.2, 0.25) is 5.02 Å². The van der Waals surface area contributed by atoms with Gasteiger partial charge in [0, 0.05) is 29.5 Å². The van der Waals surface area contributed by atoms with Crippen molar-refractivity contribution in [1.82, 2.24) is 0 Å². The van der Waals surface area contributed by atoms with Crippen LogP contribution in [0.3, 0.4) is 0 Å². The van der Waals surface area contributed by atoms with Crippen molar-refractivity contribution in [2.24, 2.45) is 0 Å². The number of nitrogens with zero attached hydrogens (tertiary/aromatic N) is 2. The molecule has 1 heterocycles. The molecule has 0 fully saturated rings. The van der Waals surface area contributed by atoms with Gasteiger partial charge in [0.2, 0.25) is 0 Å². The number of carbonyl (C=O) groups excluding carboxylic acids is 2. The highest BCUT2D eigenvalue weighted by molar-refractivity contribution is 6.46. The first-order chi connectivity index (χ1) is 16.0. The fourth-order valence-corrected chi connectivity index (χ4v) is 4.23. The molecular weight excluding hydrogens is 434 g/mol. The van der Waals surface area contributed by atoms with E-state index in [-0.39, 0.29) is 11.6 Å². The van der Waals surface area contributed by atoms with Crippen molar-refractivity contribution in [3.8, 4) is 0 Å². The zero-order valence-corrected chi connectivity index (χ0v) is 19.7. The van der Waals surface area contributed by atoms with E-state index in [4.69, 9.17) is 11.6 Å². The van der Waals surface area contributed by atoms with E-state index in [1.807, 2.05) is 54.6 Å². The summed E-state index contributed by atoms with van der Waals surface area (Å²) in [6, 6.07) is 22.3. The molecule has 0 unspecified atom stereocenters. The fraction of sp³-hybridized carbons (Fsp3) is 0.185. The molecule has 2 amide bonds. The van der Waals surface area contributed by atoms with Crippen molar-refractivity contribution in [3.63, 3.8) is 0 Å². The molecule has 0 spiro atoms. The number of anilines is 3. The topological polar surface area (TPSA) is 52.7 Å². The smallest absolute Gasteiger partial charge is 0.282 e. The first-order valence-electron chi connectivity index (χ1n) is 11.0. The highest BCUT2D eigenvalue weighted by Gasteiger charge is 2.41. The Morgan fingerprint density at radius 3 is 2.15 bits per heavy atom. The van der Waals surface area contributed by atoms with Crippen LogP contribution in [0.1, 0.15) is 25.0 Å². The average molecular weight is 460 g/mol. The molecule has 1 aliphatic heterocycles. The van der Waals surface area contributed by atoms with E-state index in [0.29, 0.717) is 27.4 Å². The van der Waals surface area contributed by atoms with Crippen molar-refractivity contribution < 1.29 is 9.59 Å². The van der Waals surface area contributed by atoms with E-state index >= 15 is 0 Å². The molecule has 1 aliphatic rings. The highest BCUT2D eigenvalue weighted by atomic mass is 35.5. The molecule has 3 aromatic carbocycles. The molecule has 168 valence electrons. The lowest BCUT2D eigenvalue weighted by Gasteiger charge is -2.21. The van der Waals surface area contributed by atoms with E-state index in [9.17, 15) is 9.59 Å². The van der Waals surface area contributed by atoms with Crippen molar-refractivity contribution in [2.75, 3.05) is 28.2 Å². The summed E-state index contributed by atoms with van der Waals surface area (Å²) >= 11 is 6.29. The van der Waals surface area contributed by atoms with Gasteiger partial charge in [0.25, 0.3) is 11.8 Å².